The minimum atomic E-state index is -0.209. The van der Waals surface area contributed by atoms with Gasteiger partial charge in [0, 0.05) is 23.5 Å². The molecular formula is C15H18BrFN2O. The number of nitrogens with one attached hydrogen (secondary N) is 1. The summed E-state index contributed by atoms with van der Waals surface area (Å²) in [6.45, 7) is 2.16. The Bertz CT molecular complexity index is 613. The fourth-order valence-corrected chi connectivity index (χ4v) is 3.71. The number of benzene rings is 1. The van der Waals surface area contributed by atoms with Gasteiger partial charge < -0.3 is 10.1 Å². The van der Waals surface area contributed by atoms with Crippen molar-refractivity contribution in [1.82, 2.24) is 9.88 Å². The maximum absolute atomic E-state index is 13.4. The van der Waals surface area contributed by atoms with Crippen molar-refractivity contribution < 1.29 is 9.50 Å². The van der Waals surface area contributed by atoms with Crippen LogP contribution in [0.25, 0.3) is 10.9 Å². The lowest BCUT2D eigenvalue weighted by Gasteiger charge is -2.22. The molecule has 2 N–H and O–H groups in total. The minimum absolute atomic E-state index is 0.209. The Kier molecular flexibility index (Phi) is 4.10. The third-order valence-electron chi connectivity index (χ3n) is 4.17. The van der Waals surface area contributed by atoms with Crippen LogP contribution in [-0.2, 0) is 6.42 Å². The average Bonchev–Trinajstić information content (AvgIpc) is 3.00. The number of hydrogen-bond acceptors (Lipinski definition) is 2. The molecule has 0 saturated carbocycles. The van der Waals surface area contributed by atoms with Gasteiger partial charge >= 0.3 is 0 Å². The van der Waals surface area contributed by atoms with E-state index in [-0.39, 0.29) is 18.5 Å². The molecule has 108 valence electrons. The molecule has 1 fully saturated rings. The van der Waals surface area contributed by atoms with E-state index in [2.05, 4.69) is 25.8 Å². The van der Waals surface area contributed by atoms with Crippen molar-refractivity contribution in [3.8, 4) is 0 Å². The monoisotopic (exact) mass is 340 g/mol. The molecular weight excluding hydrogens is 323 g/mol. The van der Waals surface area contributed by atoms with E-state index in [0.29, 0.717) is 0 Å². The predicted octanol–water partition coefficient (Wildman–Crippen LogP) is 3.07. The van der Waals surface area contributed by atoms with E-state index in [1.54, 1.807) is 12.1 Å². The van der Waals surface area contributed by atoms with Gasteiger partial charge in [-0.2, -0.15) is 0 Å². The molecule has 1 aliphatic rings. The number of hydrogen-bond donors (Lipinski definition) is 2. The first-order chi connectivity index (χ1) is 9.69. The summed E-state index contributed by atoms with van der Waals surface area (Å²) in [5.41, 5.74) is 2.07. The first kappa shape index (κ1) is 14.0. The SMILES string of the molecule is OCC1CCCN1CCc1c(Br)[nH]c2ccc(F)cc12. The van der Waals surface area contributed by atoms with Crippen molar-refractivity contribution in [1.29, 1.82) is 0 Å². The van der Waals surface area contributed by atoms with Crippen LogP contribution < -0.4 is 0 Å². The molecule has 2 aromatic rings. The van der Waals surface area contributed by atoms with Gasteiger partial charge in [-0.05, 0) is 65.5 Å². The topological polar surface area (TPSA) is 39.3 Å². The Morgan fingerprint density at radius 2 is 2.30 bits per heavy atom. The Hall–Kier alpha value is -0.910. The van der Waals surface area contributed by atoms with Crippen LogP contribution in [-0.4, -0.2) is 40.7 Å². The number of nitrogens with zero attached hydrogens (tertiary/aromatic N) is 1. The van der Waals surface area contributed by atoms with Gasteiger partial charge in [-0.15, -0.1) is 0 Å². The van der Waals surface area contributed by atoms with Crippen LogP contribution in [0.1, 0.15) is 18.4 Å². The van der Waals surface area contributed by atoms with Crippen LogP contribution >= 0.6 is 15.9 Å². The van der Waals surface area contributed by atoms with E-state index in [4.69, 9.17) is 0 Å². The van der Waals surface area contributed by atoms with Gasteiger partial charge in [0.15, 0.2) is 0 Å². The second kappa shape index (κ2) is 5.84. The first-order valence-corrected chi connectivity index (χ1v) is 7.79. The normalized spacial score (nSPS) is 20.1. The molecule has 3 rings (SSSR count). The molecule has 1 saturated heterocycles. The van der Waals surface area contributed by atoms with Crippen molar-refractivity contribution in [2.75, 3.05) is 19.7 Å². The third-order valence-corrected chi connectivity index (χ3v) is 4.85. The lowest BCUT2D eigenvalue weighted by molar-refractivity contribution is 0.160. The van der Waals surface area contributed by atoms with Gasteiger partial charge in [-0.3, -0.25) is 4.90 Å². The highest BCUT2D eigenvalue weighted by Gasteiger charge is 2.23. The Labute approximate surface area is 125 Å². The molecule has 1 aromatic carbocycles. The van der Waals surface area contributed by atoms with Crippen LogP contribution in [0.15, 0.2) is 22.8 Å². The Morgan fingerprint density at radius 3 is 3.10 bits per heavy atom. The molecule has 0 aliphatic carbocycles. The summed E-state index contributed by atoms with van der Waals surface area (Å²) >= 11 is 3.53. The van der Waals surface area contributed by atoms with Crippen molar-refractivity contribution in [2.24, 2.45) is 0 Å². The van der Waals surface area contributed by atoms with Crippen LogP contribution in [0.4, 0.5) is 4.39 Å². The zero-order valence-corrected chi connectivity index (χ0v) is 12.8. The molecule has 1 aliphatic heterocycles. The fraction of sp³-hybridized carbons (Fsp3) is 0.467. The summed E-state index contributed by atoms with van der Waals surface area (Å²) < 4.78 is 14.3. The number of rotatable bonds is 4. The molecule has 1 unspecified atom stereocenters. The van der Waals surface area contributed by atoms with Gasteiger partial charge in [-0.25, -0.2) is 4.39 Å². The van der Waals surface area contributed by atoms with Crippen molar-refractivity contribution >= 4 is 26.8 Å². The van der Waals surface area contributed by atoms with Crippen LogP contribution in [0.2, 0.25) is 0 Å². The van der Waals surface area contributed by atoms with Gasteiger partial charge in [0.2, 0.25) is 0 Å². The second-order valence-electron chi connectivity index (χ2n) is 5.37. The van der Waals surface area contributed by atoms with E-state index >= 15 is 0 Å². The predicted molar refractivity (Wildman–Crippen MR) is 81.3 cm³/mol. The van der Waals surface area contributed by atoms with Crippen LogP contribution in [0.3, 0.4) is 0 Å². The largest absolute Gasteiger partial charge is 0.395 e. The maximum Gasteiger partial charge on any atom is 0.123 e. The minimum Gasteiger partial charge on any atom is -0.395 e. The highest BCUT2D eigenvalue weighted by atomic mass is 79.9. The van der Waals surface area contributed by atoms with E-state index in [1.807, 2.05) is 0 Å². The number of aliphatic hydroxyl groups excluding tert-OH is 1. The van der Waals surface area contributed by atoms with Crippen molar-refractivity contribution in [3.05, 3.63) is 34.2 Å². The van der Waals surface area contributed by atoms with E-state index in [1.165, 1.54) is 6.07 Å². The van der Waals surface area contributed by atoms with Crippen molar-refractivity contribution in [2.45, 2.75) is 25.3 Å². The smallest absolute Gasteiger partial charge is 0.123 e. The summed E-state index contributed by atoms with van der Waals surface area (Å²) in [7, 11) is 0. The highest BCUT2D eigenvalue weighted by molar-refractivity contribution is 9.10. The zero-order valence-electron chi connectivity index (χ0n) is 11.2. The van der Waals surface area contributed by atoms with Gasteiger partial charge in [0.25, 0.3) is 0 Å². The molecule has 3 nitrogen and oxygen atoms in total. The number of fused-ring (bicyclic) bond motifs is 1. The molecule has 1 aromatic heterocycles. The van der Waals surface area contributed by atoms with E-state index in [9.17, 15) is 9.50 Å². The average molecular weight is 341 g/mol. The summed E-state index contributed by atoms with van der Waals surface area (Å²) in [5.74, 6) is -0.209. The standard InChI is InChI=1S/C15H18BrFN2O/c16-15-12(5-7-19-6-1-2-11(19)9-20)13-8-10(17)3-4-14(13)18-15/h3-4,8,11,18,20H,1-2,5-7,9H2. The molecule has 0 bridgehead atoms. The number of likely N-dealkylation sites (tertiary alicyclic amines) is 1. The zero-order chi connectivity index (χ0) is 14.1. The second-order valence-corrected chi connectivity index (χ2v) is 6.17. The fourth-order valence-electron chi connectivity index (χ4n) is 3.08. The lowest BCUT2D eigenvalue weighted by atomic mass is 10.1. The van der Waals surface area contributed by atoms with Crippen LogP contribution in [0.5, 0.6) is 0 Å². The molecule has 0 amide bonds. The summed E-state index contributed by atoms with van der Waals surface area (Å²) in [6.07, 6.45) is 3.07. The number of halogens is 2. The molecule has 1 atom stereocenters. The molecule has 0 radical (unpaired) electrons. The van der Waals surface area contributed by atoms with Gasteiger partial charge in [0.05, 0.1) is 11.2 Å². The quantitative estimate of drug-likeness (QED) is 0.897. The van der Waals surface area contributed by atoms with Gasteiger partial charge in [-0.1, -0.05) is 0 Å². The summed E-state index contributed by atoms with van der Waals surface area (Å²) in [6, 6.07) is 5.11. The number of aromatic amines is 1. The number of aliphatic hydroxyl groups is 1. The number of aromatic nitrogens is 1. The first-order valence-electron chi connectivity index (χ1n) is 6.99. The number of H-pyrrole nitrogens is 1. The Balaban J connectivity index is 1.80. The molecule has 20 heavy (non-hydrogen) atoms. The third kappa shape index (κ3) is 2.62. The summed E-state index contributed by atoms with van der Waals surface area (Å²) in [5, 5.41) is 10.3. The summed E-state index contributed by atoms with van der Waals surface area (Å²) in [4.78, 5) is 5.56. The highest BCUT2D eigenvalue weighted by Crippen LogP contribution is 2.28. The maximum atomic E-state index is 13.4. The van der Waals surface area contributed by atoms with Gasteiger partial charge in [0.1, 0.15) is 5.82 Å². The Morgan fingerprint density at radius 1 is 1.45 bits per heavy atom. The molecule has 2 heterocycles. The molecule has 0 spiro atoms. The van der Waals surface area contributed by atoms with E-state index < -0.39 is 0 Å². The van der Waals surface area contributed by atoms with Crippen molar-refractivity contribution in [3.63, 3.8) is 0 Å². The molecule has 5 heteroatoms. The van der Waals surface area contributed by atoms with E-state index in [0.717, 1.165) is 53.4 Å². The lowest BCUT2D eigenvalue weighted by Crippen LogP contribution is -2.33. The van der Waals surface area contributed by atoms with Crippen LogP contribution in [0, 0.1) is 5.82 Å².